The number of thiophene rings is 1. The molecule has 158 valence electrons. The maximum atomic E-state index is 12.7. The summed E-state index contributed by atoms with van der Waals surface area (Å²) in [7, 11) is 0. The number of para-hydroxylation sites is 1. The molecule has 1 aliphatic heterocycles. The maximum Gasteiger partial charge on any atom is 0.227 e. The molecule has 0 spiro atoms. The number of carbonyl (C=O) groups is 2. The largest absolute Gasteiger partial charge is 0.354 e. The lowest BCUT2D eigenvalue weighted by Gasteiger charge is -2.27. The molecule has 1 fully saturated rings. The van der Waals surface area contributed by atoms with Crippen molar-refractivity contribution in [3.8, 4) is 6.07 Å². The Morgan fingerprint density at radius 1 is 1.13 bits per heavy atom. The van der Waals surface area contributed by atoms with Gasteiger partial charge in [0.25, 0.3) is 0 Å². The zero-order valence-electron chi connectivity index (χ0n) is 17.1. The highest BCUT2D eigenvalue weighted by atomic mass is 32.1. The van der Waals surface area contributed by atoms with E-state index in [4.69, 9.17) is 5.26 Å². The van der Waals surface area contributed by atoms with Crippen LogP contribution in [0.15, 0.2) is 47.8 Å². The Labute approximate surface area is 182 Å². The van der Waals surface area contributed by atoms with E-state index in [1.165, 1.54) is 17.7 Å². The highest BCUT2D eigenvalue weighted by Gasteiger charge is 2.25. The minimum absolute atomic E-state index is 0.114. The molecule has 6 nitrogen and oxygen atoms in total. The quantitative estimate of drug-likeness (QED) is 0.631. The average Bonchev–Trinajstić information content (AvgIpc) is 3.48. The third-order valence-electron chi connectivity index (χ3n) is 5.33. The highest BCUT2D eigenvalue weighted by Crippen LogP contribution is 2.27. The van der Waals surface area contributed by atoms with Crippen molar-refractivity contribution in [2.75, 3.05) is 31.1 Å². The summed E-state index contributed by atoms with van der Waals surface area (Å²) in [4.78, 5) is 30.5. The summed E-state index contributed by atoms with van der Waals surface area (Å²) < 4.78 is 0. The number of likely N-dealkylation sites (tertiary alicyclic amines) is 1. The van der Waals surface area contributed by atoms with Crippen LogP contribution in [0.1, 0.15) is 43.0 Å². The molecule has 0 saturated carbocycles. The van der Waals surface area contributed by atoms with Gasteiger partial charge in [0.05, 0.1) is 18.5 Å². The molecule has 2 aromatic rings. The molecule has 1 aromatic heterocycles. The number of carbonyl (C=O) groups excluding carboxylic acids is 2. The molecular weight excluding hydrogens is 396 g/mol. The van der Waals surface area contributed by atoms with Crippen molar-refractivity contribution in [2.45, 2.75) is 38.1 Å². The highest BCUT2D eigenvalue weighted by molar-refractivity contribution is 7.10. The lowest BCUT2D eigenvalue weighted by atomic mass is 10.2. The van der Waals surface area contributed by atoms with Crippen LogP contribution < -0.4 is 10.2 Å². The van der Waals surface area contributed by atoms with Gasteiger partial charge in [-0.3, -0.25) is 14.5 Å². The monoisotopic (exact) mass is 424 g/mol. The molecule has 1 N–H and O–H groups in total. The van der Waals surface area contributed by atoms with E-state index in [-0.39, 0.29) is 37.1 Å². The van der Waals surface area contributed by atoms with Crippen molar-refractivity contribution in [3.63, 3.8) is 0 Å². The second-order valence-electron chi connectivity index (χ2n) is 7.37. The van der Waals surface area contributed by atoms with Crippen LogP contribution in [0, 0.1) is 11.3 Å². The van der Waals surface area contributed by atoms with E-state index < -0.39 is 0 Å². The van der Waals surface area contributed by atoms with E-state index in [2.05, 4.69) is 27.7 Å². The molecule has 1 unspecified atom stereocenters. The van der Waals surface area contributed by atoms with Crippen LogP contribution in [0.4, 0.5) is 5.69 Å². The first kappa shape index (κ1) is 22.0. The van der Waals surface area contributed by atoms with Crippen molar-refractivity contribution < 1.29 is 9.59 Å². The zero-order chi connectivity index (χ0) is 21.2. The second kappa shape index (κ2) is 11.5. The maximum absolute atomic E-state index is 12.7. The van der Waals surface area contributed by atoms with Crippen molar-refractivity contribution in [3.05, 3.63) is 52.7 Å². The van der Waals surface area contributed by atoms with E-state index in [0.717, 1.165) is 18.8 Å². The lowest BCUT2D eigenvalue weighted by Crippen LogP contribution is -2.37. The summed E-state index contributed by atoms with van der Waals surface area (Å²) in [5.41, 5.74) is 0.755. The summed E-state index contributed by atoms with van der Waals surface area (Å²) in [6.07, 6.45) is 2.92. The molecule has 2 heterocycles. The third kappa shape index (κ3) is 6.15. The van der Waals surface area contributed by atoms with Crippen LogP contribution in [-0.4, -0.2) is 42.9 Å². The minimum Gasteiger partial charge on any atom is -0.354 e. The number of rotatable bonds is 10. The Balaban J connectivity index is 1.52. The van der Waals surface area contributed by atoms with Gasteiger partial charge in [0.2, 0.25) is 11.8 Å². The Kier molecular flexibility index (Phi) is 8.42. The van der Waals surface area contributed by atoms with E-state index in [1.807, 2.05) is 36.4 Å². The molecule has 7 heteroatoms. The van der Waals surface area contributed by atoms with Crippen molar-refractivity contribution in [2.24, 2.45) is 0 Å². The van der Waals surface area contributed by atoms with E-state index in [9.17, 15) is 9.59 Å². The molecule has 2 amide bonds. The number of anilines is 1. The van der Waals surface area contributed by atoms with Crippen LogP contribution >= 0.6 is 11.3 Å². The van der Waals surface area contributed by atoms with Gasteiger partial charge in [-0.2, -0.15) is 5.26 Å². The SMILES string of the molecule is N#CCCN(C(=O)CCC(=O)NCC(c1cccs1)N1CCCC1)c1ccccc1. The van der Waals surface area contributed by atoms with Crippen LogP contribution in [0.2, 0.25) is 0 Å². The van der Waals surface area contributed by atoms with Gasteiger partial charge in [-0.15, -0.1) is 11.3 Å². The Hall–Kier alpha value is -2.69. The van der Waals surface area contributed by atoms with Gasteiger partial charge in [-0.25, -0.2) is 0 Å². The number of nitrogens with one attached hydrogen (secondary N) is 1. The predicted octanol–water partition coefficient (Wildman–Crippen LogP) is 3.73. The zero-order valence-corrected chi connectivity index (χ0v) is 17.9. The molecule has 1 atom stereocenters. The molecule has 1 saturated heterocycles. The van der Waals surface area contributed by atoms with Crippen LogP contribution in [0.3, 0.4) is 0 Å². The van der Waals surface area contributed by atoms with Gasteiger partial charge < -0.3 is 10.2 Å². The fraction of sp³-hybridized carbons (Fsp3) is 0.435. The number of hydrogen-bond donors (Lipinski definition) is 1. The molecule has 1 aromatic carbocycles. The Morgan fingerprint density at radius 3 is 2.57 bits per heavy atom. The molecule has 30 heavy (non-hydrogen) atoms. The topological polar surface area (TPSA) is 76.4 Å². The first-order valence-electron chi connectivity index (χ1n) is 10.5. The smallest absolute Gasteiger partial charge is 0.227 e. The number of nitriles is 1. The van der Waals surface area contributed by atoms with Crippen LogP contribution in [-0.2, 0) is 9.59 Å². The summed E-state index contributed by atoms with van der Waals surface area (Å²) in [5.74, 6) is -0.252. The third-order valence-corrected chi connectivity index (χ3v) is 6.30. The summed E-state index contributed by atoms with van der Waals surface area (Å²) in [5, 5.41) is 14.0. The van der Waals surface area contributed by atoms with Crippen molar-refractivity contribution in [1.82, 2.24) is 10.2 Å². The minimum atomic E-state index is -0.138. The molecule has 0 radical (unpaired) electrons. The number of benzene rings is 1. The molecule has 0 aliphatic carbocycles. The van der Waals surface area contributed by atoms with Gasteiger partial charge in [0, 0.05) is 36.5 Å². The Morgan fingerprint density at radius 2 is 1.90 bits per heavy atom. The predicted molar refractivity (Wildman–Crippen MR) is 119 cm³/mol. The van der Waals surface area contributed by atoms with E-state index >= 15 is 0 Å². The van der Waals surface area contributed by atoms with Gasteiger partial charge in [0.15, 0.2) is 0 Å². The van der Waals surface area contributed by atoms with E-state index in [1.54, 1.807) is 16.2 Å². The molecule has 0 bridgehead atoms. The van der Waals surface area contributed by atoms with Gasteiger partial charge in [-0.1, -0.05) is 24.3 Å². The fourth-order valence-electron chi connectivity index (χ4n) is 3.77. The number of amides is 2. The molecular formula is C23H28N4O2S. The molecule has 1 aliphatic rings. The van der Waals surface area contributed by atoms with Crippen LogP contribution in [0.5, 0.6) is 0 Å². The lowest BCUT2D eigenvalue weighted by molar-refractivity contribution is -0.125. The van der Waals surface area contributed by atoms with E-state index in [0.29, 0.717) is 13.1 Å². The first-order chi connectivity index (χ1) is 14.7. The van der Waals surface area contributed by atoms with Gasteiger partial charge >= 0.3 is 0 Å². The second-order valence-corrected chi connectivity index (χ2v) is 8.35. The number of nitrogens with zero attached hydrogens (tertiary/aromatic N) is 3. The first-order valence-corrected chi connectivity index (χ1v) is 11.3. The van der Waals surface area contributed by atoms with Gasteiger partial charge in [-0.05, 0) is 49.5 Å². The molecule has 3 rings (SSSR count). The summed E-state index contributed by atoms with van der Waals surface area (Å²) >= 11 is 1.72. The normalized spacial score (nSPS) is 14.8. The average molecular weight is 425 g/mol. The fourth-order valence-corrected chi connectivity index (χ4v) is 4.63. The summed E-state index contributed by atoms with van der Waals surface area (Å²) in [6.45, 7) is 3.00. The number of hydrogen-bond acceptors (Lipinski definition) is 5. The summed E-state index contributed by atoms with van der Waals surface area (Å²) in [6, 6.07) is 15.7. The van der Waals surface area contributed by atoms with Crippen molar-refractivity contribution >= 4 is 28.8 Å². The standard InChI is InChI=1S/C23H28N4O2S/c24-13-7-16-27(19-8-2-1-3-9-19)23(29)12-11-22(28)25-18-20(21-10-6-17-30-21)26-14-4-5-15-26/h1-3,6,8-10,17,20H,4-5,7,11-12,14-16,18H2,(H,25,28). The Bertz CT molecular complexity index is 842. The van der Waals surface area contributed by atoms with Crippen LogP contribution in [0.25, 0.3) is 0 Å². The van der Waals surface area contributed by atoms with Crippen molar-refractivity contribution in [1.29, 1.82) is 5.26 Å². The van der Waals surface area contributed by atoms with Gasteiger partial charge in [0.1, 0.15) is 0 Å².